The molecule has 1 nitrogen and oxygen atoms in total. The molecule has 0 fully saturated rings. The summed E-state index contributed by atoms with van der Waals surface area (Å²) in [6.07, 6.45) is 0. The second kappa shape index (κ2) is 19.7. The van der Waals surface area contributed by atoms with Gasteiger partial charge in [-0.1, -0.05) is 0 Å². The van der Waals surface area contributed by atoms with Crippen LogP contribution < -0.4 is 0 Å². The fraction of sp³-hybridized carbons (Fsp3) is 0. The van der Waals surface area contributed by atoms with E-state index in [-0.39, 0.29) is 78.9 Å². The van der Waals surface area contributed by atoms with E-state index in [0.717, 1.165) is 0 Å². The van der Waals surface area contributed by atoms with Gasteiger partial charge < -0.3 is 5.48 Å². The van der Waals surface area contributed by atoms with Gasteiger partial charge in [0.2, 0.25) is 0 Å². The van der Waals surface area contributed by atoms with Gasteiger partial charge in [-0.3, -0.25) is 4.70 Å². The van der Waals surface area contributed by atoms with Crippen molar-refractivity contribution in [1.29, 1.82) is 0 Å². The number of rotatable bonds is 0. The Morgan fingerprint density at radius 3 is 1.00 bits per heavy atom. The van der Waals surface area contributed by atoms with Crippen LogP contribution in [0, 0.1) is 0 Å². The first kappa shape index (κ1) is 36.6. The Bertz CT molecular complexity index is 8.00. The summed E-state index contributed by atoms with van der Waals surface area (Å²) in [5.74, 6) is 0. The van der Waals surface area contributed by atoms with Crippen LogP contribution in [0.2, 0.25) is 0 Å². The first-order valence-corrected chi connectivity index (χ1v) is 0. The SMILES string of the molecule is F.O.[AlH3].[KH]. The third kappa shape index (κ3) is 8.96. The van der Waals surface area contributed by atoms with Crippen LogP contribution in [0.25, 0.3) is 0 Å². The van der Waals surface area contributed by atoms with Crippen molar-refractivity contribution < 1.29 is 10.2 Å². The van der Waals surface area contributed by atoms with Gasteiger partial charge in [-0.05, 0) is 0 Å². The van der Waals surface area contributed by atoms with Gasteiger partial charge in [0.15, 0.2) is 17.4 Å². The van der Waals surface area contributed by atoms with Crippen LogP contribution in [0.4, 0.5) is 4.70 Å². The fourth-order valence-corrected chi connectivity index (χ4v) is 0. The van der Waals surface area contributed by atoms with Gasteiger partial charge in [0.1, 0.15) is 0 Å². The van der Waals surface area contributed by atoms with Crippen molar-refractivity contribution in [2.24, 2.45) is 0 Å². The van der Waals surface area contributed by atoms with Crippen molar-refractivity contribution in [2.75, 3.05) is 0 Å². The molecule has 0 unspecified atom stereocenters. The predicted octanol–water partition coefficient (Wildman–Crippen LogP) is -2.50. The second-order valence-electron chi connectivity index (χ2n) is 0. The van der Waals surface area contributed by atoms with E-state index in [1.54, 1.807) is 0 Å². The molecule has 0 atom stereocenters. The number of hydrogen-bond donors (Lipinski definition) is 0. The zero-order valence-corrected chi connectivity index (χ0v) is 0.908. The first-order chi connectivity index (χ1) is 0. The van der Waals surface area contributed by atoms with E-state index in [1.165, 1.54) is 0 Å². The molecule has 0 aliphatic rings. The summed E-state index contributed by atoms with van der Waals surface area (Å²) >= 11 is 0. The average Bonchev–Trinajstić information content (AvgIpc) is 0. The Hall–Kier alpha value is 2.06. The van der Waals surface area contributed by atoms with E-state index in [4.69, 9.17) is 0 Å². The summed E-state index contributed by atoms with van der Waals surface area (Å²) < 4.78 is 0. The summed E-state index contributed by atoms with van der Waals surface area (Å²) in [6, 6.07) is 0. The second-order valence-corrected chi connectivity index (χ2v) is 0. The van der Waals surface area contributed by atoms with Crippen molar-refractivity contribution in [3.05, 3.63) is 0 Å². The van der Waals surface area contributed by atoms with Crippen molar-refractivity contribution in [2.45, 2.75) is 0 Å². The molecule has 24 valence electrons. The third-order valence-electron chi connectivity index (χ3n) is 0. The maximum absolute atomic E-state index is 0. The summed E-state index contributed by atoms with van der Waals surface area (Å²) in [4.78, 5) is 0. The standard InChI is InChI=1S/Al.FH.K.H2O.4H/h;1H;;1H2;;;;. The van der Waals surface area contributed by atoms with E-state index >= 15 is 0 Å². The van der Waals surface area contributed by atoms with Crippen molar-refractivity contribution >= 4 is 68.7 Å². The molecular weight excluding hydrogens is 101 g/mol. The summed E-state index contributed by atoms with van der Waals surface area (Å²) in [5, 5.41) is 0. The van der Waals surface area contributed by atoms with E-state index in [9.17, 15) is 0 Å². The molecule has 0 rings (SSSR count). The minimum absolute atomic E-state index is 0. The molecule has 0 aliphatic heterocycles. The molecule has 0 bridgehead atoms. The van der Waals surface area contributed by atoms with Crippen LogP contribution in [0.3, 0.4) is 0 Å². The molecule has 0 radical (unpaired) electrons. The maximum atomic E-state index is 0. The summed E-state index contributed by atoms with van der Waals surface area (Å²) in [6.45, 7) is 0. The average molecular weight is 108 g/mol. The minimum atomic E-state index is 0. The molecular formula is H7AlFKO. The molecule has 0 aliphatic carbocycles. The Labute approximate surface area is 77.4 Å². The summed E-state index contributed by atoms with van der Waals surface area (Å²) in [5.41, 5.74) is 0. The Morgan fingerprint density at radius 2 is 1.00 bits per heavy atom. The van der Waals surface area contributed by atoms with Gasteiger partial charge in [0, 0.05) is 0 Å². The Kier molecular flexibility index (Phi) is 180. The quantitative estimate of drug-likeness (QED) is 0.307. The van der Waals surface area contributed by atoms with Crippen molar-refractivity contribution in [1.82, 2.24) is 0 Å². The molecule has 0 aromatic heterocycles. The van der Waals surface area contributed by atoms with Gasteiger partial charge in [-0.2, -0.15) is 0 Å². The van der Waals surface area contributed by atoms with Crippen molar-refractivity contribution in [3.63, 3.8) is 0 Å². The van der Waals surface area contributed by atoms with Crippen LogP contribution in [0.1, 0.15) is 0 Å². The Balaban J connectivity index is 0. The zero-order chi connectivity index (χ0) is 0. The zero-order valence-electron chi connectivity index (χ0n) is 0.908. The number of hydrogen-bond acceptors (Lipinski definition) is 0. The van der Waals surface area contributed by atoms with Crippen LogP contribution in [-0.4, -0.2) is 74.2 Å². The van der Waals surface area contributed by atoms with Crippen LogP contribution >= 0.6 is 0 Å². The van der Waals surface area contributed by atoms with Gasteiger partial charge in [0.25, 0.3) is 0 Å². The van der Waals surface area contributed by atoms with Gasteiger partial charge in [-0.25, -0.2) is 0 Å². The predicted molar refractivity (Wildman–Crippen MR) is 23.2 cm³/mol. The molecule has 0 aromatic carbocycles. The third-order valence-corrected chi connectivity index (χ3v) is 0. The molecule has 0 aromatic rings. The van der Waals surface area contributed by atoms with Gasteiger partial charge in [0.05, 0.1) is 0 Å². The molecule has 0 amide bonds. The van der Waals surface area contributed by atoms with E-state index < -0.39 is 0 Å². The normalized spacial score (nSPS) is 0. The molecule has 0 heterocycles. The van der Waals surface area contributed by atoms with Gasteiger partial charge >= 0.3 is 51.4 Å². The van der Waals surface area contributed by atoms with E-state index in [0.29, 0.717) is 0 Å². The monoisotopic (exact) mass is 108 g/mol. The Morgan fingerprint density at radius 1 is 1.00 bits per heavy atom. The molecule has 2 N–H and O–H groups in total. The molecule has 4 heteroatoms. The van der Waals surface area contributed by atoms with Crippen LogP contribution in [-0.2, 0) is 0 Å². The number of halogens is 1. The van der Waals surface area contributed by atoms with E-state index in [2.05, 4.69) is 0 Å². The molecule has 0 saturated heterocycles. The summed E-state index contributed by atoms with van der Waals surface area (Å²) in [7, 11) is 0. The fourth-order valence-electron chi connectivity index (χ4n) is 0. The van der Waals surface area contributed by atoms with Gasteiger partial charge in [-0.15, -0.1) is 0 Å². The van der Waals surface area contributed by atoms with E-state index in [1.807, 2.05) is 0 Å². The van der Waals surface area contributed by atoms with Crippen molar-refractivity contribution in [3.8, 4) is 0 Å². The first-order valence-electron chi connectivity index (χ1n) is 0. The molecule has 0 spiro atoms. The van der Waals surface area contributed by atoms with Crippen LogP contribution in [0.15, 0.2) is 0 Å². The van der Waals surface area contributed by atoms with Crippen LogP contribution in [0.5, 0.6) is 0 Å². The molecule has 4 heavy (non-hydrogen) atoms. The molecule has 0 saturated carbocycles. The topological polar surface area (TPSA) is 31.5 Å².